The first-order valence-electron chi connectivity index (χ1n) is 6.48. The minimum absolute atomic E-state index is 0.164. The fourth-order valence-electron chi connectivity index (χ4n) is 1.66. The first-order valence-corrected chi connectivity index (χ1v) is 6.48. The topological polar surface area (TPSA) is 46.5 Å². The molecule has 1 aromatic rings. The van der Waals surface area contributed by atoms with Crippen LogP contribution < -0.4 is 4.74 Å². The van der Waals surface area contributed by atoms with Gasteiger partial charge in [0.1, 0.15) is 12.4 Å². The van der Waals surface area contributed by atoms with Crippen LogP contribution in [0.5, 0.6) is 5.75 Å². The van der Waals surface area contributed by atoms with Gasteiger partial charge in [-0.3, -0.25) is 0 Å². The molecule has 0 fully saturated rings. The van der Waals surface area contributed by atoms with Crippen LogP contribution in [-0.2, 0) is 10.2 Å². The van der Waals surface area contributed by atoms with Gasteiger partial charge < -0.3 is 9.84 Å². The highest BCUT2D eigenvalue weighted by molar-refractivity contribution is 5.80. The van der Waals surface area contributed by atoms with Crippen molar-refractivity contribution in [3.05, 3.63) is 41.5 Å². The third-order valence-corrected chi connectivity index (χ3v) is 3.36. The van der Waals surface area contributed by atoms with Gasteiger partial charge in [0.05, 0.1) is 0 Å². The predicted molar refractivity (Wildman–Crippen MR) is 76.6 cm³/mol. The lowest BCUT2D eigenvalue weighted by atomic mass is 9.82. The lowest BCUT2D eigenvalue weighted by molar-refractivity contribution is -0.131. The van der Waals surface area contributed by atoms with Gasteiger partial charge in [0.15, 0.2) is 0 Å². The molecule has 0 bridgehead atoms. The Bertz CT molecular complexity index is 455. The Morgan fingerprint density at radius 1 is 1.32 bits per heavy atom. The molecule has 0 saturated heterocycles. The molecule has 0 atom stereocenters. The van der Waals surface area contributed by atoms with Gasteiger partial charge in [-0.15, -0.1) is 0 Å². The Balaban J connectivity index is 2.66. The predicted octanol–water partition coefficient (Wildman–Crippen LogP) is 3.78. The van der Waals surface area contributed by atoms with Gasteiger partial charge in [-0.1, -0.05) is 32.9 Å². The lowest BCUT2D eigenvalue weighted by Gasteiger charge is -2.23. The first-order chi connectivity index (χ1) is 8.85. The van der Waals surface area contributed by atoms with Crippen molar-refractivity contribution in [2.45, 2.75) is 39.5 Å². The summed E-state index contributed by atoms with van der Waals surface area (Å²) >= 11 is 0. The molecule has 3 heteroatoms. The molecule has 3 nitrogen and oxygen atoms in total. The Kier molecular flexibility index (Phi) is 5.16. The number of ether oxygens (including phenoxy) is 1. The summed E-state index contributed by atoms with van der Waals surface area (Å²) in [5, 5.41) is 8.60. The molecule has 0 amide bonds. The molecule has 0 saturated carbocycles. The molecule has 0 aromatic heterocycles. The van der Waals surface area contributed by atoms with Gasteiger partial charge in [-0.2, -0.15) is 0 Å². The summed E-state index contributed by atoms with van der Waals surface area (Å²) in [5.41, 5.74) is 2.13. The highest BCUT2D eigenvalue weighted by Gasteiger charge is 2.17. The van der Waals surface area contributed by atoms with Crippen LogP contribution in [0, 0.1) is 0 Å². The van der Waals surface area contributed by atoms with E-state index in [-0.39, 0.29) is 5.41 Å². The van der Waals surface area contributed by atoms with E-state index in [9.17, 15) is 4.79 Å². The van der Waals surface area contributed by atoms with E-state index in [0.717, 1.165) is 18.2 Å². The maximum Gasteiger partial charge on any atom is 0.328 e. The van der Waals surface area contributed by atoms with E-state index >= 15 is 0 Å². The summed E-state index contributed by atoms with van der Waals surface area (Å²) in [7, 11) is 0. The van der Waals surface area contributed by atoms with Crippen LogP contribution in [0.4, 0.5) is 0 Å². The molecule has 0 aliphatic heterocycles. The van der Waals surface area contributed by atoms with E-state index in [2.05, 4.69) is 32.9 Å². The second kappa shape index (κ2) is 6.41. The van der Waals surface area contributed by atoms with E-state index in [1.54, 1.807) is 6.92 Å². The van der Waals surface area contributed by atoms with E-state index in [0.29, 0.717) is 12.2 Å². The summed E-state index contributed by atoms with van der Waals surface area (Å²) in [5.74, 6) is -0.185. The summed E-state index contributed by atoms with van der Waals surface area (Å²) in [6, 6.07) is 7.99. The molecule has 0 aliphatic rings. The van der Waals surface area contributed by atoms with Gasteiger partial charge in [-0.05, 0) is 42.0 Å². The van der Waals surface area contributed by atoms with Crippen molar-refractivity contribution < 1.29 is 14.6 Å². The van der Waals surface area contributed by atoms with E-state index in [1.165, 1.54) is 5.56 Å². The molecule has 0 radical (unpaired) electrons. The Hall–Kier alpha value is -1.77. The largest absolute Gasteiger partial charge is 0.489 e. The van der Waals surface area contributed by atoms with Gasteiger partial charge >= 0.3 is 5.97 Å². The van der Waals surface area contributed by atoms with Crippen molar-refractivity contribution in [1.29, 1.82) is 0 Å². The van der Waals surface area contributed by atoms with Crippen LogP contribution in [-0.4, -0.2) is 17.7 Å². The molecule has 1 rings (SSSR count). The van der Waals surface area contributed by atoms with E-state index in [4.69, 9.17) is 9.84 Å². The zero-order chi connectivity index (χ0) is 14.5. The average Bonchev–Trinajstić information content (AvgIpc) is 2.36. The molecule has 0 unspecified atom stereocenters. The van der Waals surface area contributed by atoms with Crippen LogP contribution in [0.3, 0.4) is 0 Å². The van der Waals surface area contributed by atoms with Crippen molar-refractivity contribution in [1.82, 2.24) is 0 Å². The average molecular weight is 262 g/mol. The smallest absolute Gasteiger partial charge is 0.328 e. The molecule has 1 aromatic carbocycles. The van der Waals surface area contributed by atoms with E-state index in [1.807, 2.05) is 12.1 Å². The van der Waals surface area contributed by atoms with Crippen molar-refractivity contribution in [2.75, 3.05) is 6.61 Å². The second-order valence-corrected chi connectivity index (χ2v) is 5.38. The van der Waals surface area contributed by atoms with Crippen molar-refractivity contribution in [3.8, 4) is 5.75 Å². The molecule has 0 heterocycles. The quantitative estimate of drug-likeness (QED) is 0.793. The Morgan fingerprint density at radius 2 is 1.89 bits per heavy atom. The number of hydrogen-bond acceptors (Lipinski definition) is 2. The van der Waals surface area contributed by atoms with Crippen LogP contribution in [0.1, 0.15) is 39.7 Å². The SMILES string of the molecule is CCC(C)(C)c1ccc(OCC(C)=CC(=O)O)cc1. The fourth-order valence-corrected chi connectivity index (χ4v) is 1.66. The van der Waals surface area contributed by atoms with Crippen molar-refractivity contribution >= 4 is 5.97 Å². The standard InChI is InChI=1S/C16H22O3/c1-5-16(3,4)13-6-8-14(9-7-13)19-11-12(2)10-15(17)18/h6-10H,5,11H2,1-4H3,(H,17,18). The number of rotatable bonds is 6. The molecular weight excluding hydrogens is 240 g/mol. The zero-order valence-corrected chi connectivity index (χ0v) is 12.1. The van der Waals surface area contributed by atoms with Crippen molar-refractivity contribution in [3.63, 3.8) is 0 Å². The number of carboxylic acids is 1. The minimum Gasteiger partial charge on any atom is -0.489 e. The Labute approximate surface area is 114 Å². The number of hydrogen-bond donors (Lipinski definition) is 1. The van der Waals surface area contributed by atoms with Crippen LogP contribution >= 0.6 is 0 Å². The van der Waals surface area contributed by atoms with Gasteiger partial charge in [0.25, 0.3) is 0 Å². The molecule has 0 aliphatic carbocycles. The number of carbonyl (C=O) groups is 1. The highest BCUT2D eigenvalue weighted by Crippen LogP contribution is 2.28. The maximum atomic E-state index is 10.5. The first kappa shape index (κ1) is 15.3. The fraction of sp³-hybridized carbons (Fsp3) is 0.438. The summed E-state index contributed by atoms with van der Waals surface area (Å²) in [6.45, 7) is 8.63. The highest BCUT2D eigenvalue weighted by atomic mass is 16.5. The summed E-state index contributed by atoms with van der Waals surface area (Å²) in [6.07, 6.45) is 2.24. The normalized spacial score (nSPS) is 12.3. The summed E-state index contributed by atoms with van der Waals surface area (Å²) < 4.78 is 5.54. The van der Waals surface area contributed by atoms with Gasteiger partial charge in [0, 0.05) is 6.08 Å². The number of benzene rings is 1. The molecule has 104 valence electrons. The van der Waals surface area contributed by atoms with Crippen LogP contribution in [0.2, 0.25) is 0 Å². The maximum absolute atomic E-state index is 10.5. The van der Waals surface area contributed by atoms with Crippen LogP contribution in [0.15, 0.2) is 35.9 Å². The molecule has 0 spiro atoms. The molecule has 1 N–H and O–H groups in total. The van der Waals surface area contributed by atoms with E-state index < -0.39 is 5.97 Å². The van der Waals surface area contributed by atoms with Gasteiger partial charge in [0.2, 0.25) is 0 Å². The third kappa shape index (κ3) is 4.78. The number of aliphatic carboxylic acids is 1. The zero-order valence-electron chi connectivity index (χ0n) is 12.1. The van der Waals surface area contributed by atoms with Crippen molar-refractivity contribution in [2.24, 2.45) is 0 Å². The van der Waals surface area contributed by atoms with Crippen LogP contribution in [0.25, 0.3) is 0 Å². The minimum atomic E-state index is -0.943. The monoisotopic (exact) mass is 262 g/mol. The second-order valence-electron chi connectivity index (χ2n) is 5.38. The molecule has 19 heavy (non-hydrogen) atoms. The van der Waals surface area contributed by atoms with Gasteiger partial charge in [-0.25, -0.2) is 4.79 Å². The third-order valence-electron chi connectivity index (χ3n) is 3.36. The lowest BCUT2D eigenvalue weighted by Crippen LogP contribution is -2.15. The Morgan fingerprint density at radius 3 is 2.37 bits per heavy atom. The molecular formula is C16H22O3. The number of carboxylic acid groups (broad SMARTS) is 1. The summed E-state index contributed by atoms with van der Waals surface area (Å²) in [4.78, 5) is 10.5.